The van der Waals surface area contributed by atoms with Gasteiger partial charge in [-0.25, -0.2) is 4.79 Å². The average Bonchev–Trinajstić information content (AvgIpc) is 2.73. The van der Waals surface area contributed by atoms with Gasteiger partial charge in [0.25, 0.3) is 5.91 Å². The number of piperidine rings is 1. The Bertz CT molecular complexity index is 1040. The van der Waals surface area contributed by atoms with Gasteiger partial charge in [0, 0.05) is 43.6 Å². The molecule has 0 radical (unpaired) electrons. The summed E-state index contributed by atoms with van der Waals surface area (Å²) in [6.45, 7) is 0.971. The molecule has 0 saturated carbocycles. The van der Waals surface area contributed by atoms with Crippen LogP contribution >= 0.6 is 0 Å². The summed E-state index contributed by atoms with van der Waals surface area (Å²) in [4.78, 5) is 26.9. The number of hydrogen-bond acceptors (Lipinski definition) is 7. The topological polar surface area (TPSA) is 94.8 Å². The third-order valence-electron chi connectivity index (χ3n) is 4.74. The minimum atomic E-state index is -0.667. The summed E-state index contributed by atoms with van der Waals surface area (Å²) in [5, 5.41) is 8.34. The van der Waals surface area contributed by atoms with Crippen LogP contribution in [-0.2, 0) is 0 Å². The number of likely N-dealkylation sites (tertiary alicyclic amines) is 1. The zero-order valence-corrected chi connectivity index (χ0v) is 15.3. The molecule has 0 unspecified atom stereocenters. The average molecular weight is 381 g/mol. The molecular weight excluding hydrogens is 362 g/mol. The minimum absolute atomic E-state index is 0.0223. The SMILES string of the molecule is COc1cccc2cc(C(=O)N3CCC(Oc4cccnn4)CC3)c(=O)oc12. The van der Waals surface area contributed by atoms with Gasteiger partial charge in [-0.05, 0) is 18.2 Å². The number of para-hydroxylation sites is 1. The third kappa shape index (κ3) is 3.53. The molecule has 8 nitrogen and oxygen atoms in total. The van der Waals surface area contributed by atoms with Crippen LogP contribution in [0.25, 0.3) is 11.0 Å². The van der Waals surface area contributed by atoms with Crippen molar-refractivity contribution in [3.63, 3.8) is 0 Å². The summed E-state index contributed by atoms with van der Waals surface area (Å²) in [6, 6.07) is 10.3. The van der Waals surface area contributed by atoms with Crippen molar-refractivity contribution in [3.8, 4) is 11.6 Å². The van der Waals surface area contributed by atoms with Gasteiger partial charge in [-0.1, -0.05) is 12.1 Å². The molecule has 0 spiro atoms. The zero-order valence-electron chi connectivity index (χ0n) is 15.3. The smallest absolute Gasteiger partial charge is 0.349 e. The van der Waals surface area contributed by atoms with E-state index in [0.717, 1.165) is 0 Å². The van der Waals surface area contributed by atoms with Crippen molar-refractivity contribution in [2.24, 2.45) is 0 Å². The standard InChI is InChI=1S/C20H19N3O5/c1-26-16-5-2-4-13-12-15(20(25)28-18(13)16)19(24)23-10-7-14(8-11-23)27-17-6-3-9-21-22-17/h2-6,9,12,14H,7-8,10-11H2,1H3. The highest BCUT2D eigenvalue weighted by Gasteiger charge is 2.27. The third-order valence-corrected chi connectivity index (χ3v) is 4.74. The number of nitrogens with zero attached hydrogens (tertiary/aromatic N) is 3. The van der Waals surface area contributed by atoms with Gasteiger partial charge in [0.15, 0.2) is 11.3 Å². The maximum absolute atomic E-state index is 12.9. The minimum Gasteiger partial charge on any atom is -0.493 e. The van der Waals surface area contributed by atoms with Gasteiger partial charge >= 0.3 is 5.63 Å². The molecule has 3 aromatic rings. The molecular formula is C20H19N3O5. The molecule has 0 atom stereocenters. The Morgan fingerprint density at radius 1 is 1.21 bits per heavy atom. The highest BCUT2D eigenvalue weighted by atomic mass is 16.5. The first-order chi connectivity index (χ1) is 13.7. The number of benzene rings is 1. The van der Waals surface area contributed by atoms with Gasteiger partial charge in [-0.15, -0.1) is 5.10 Å². The maximum Gasteiger partial charge on any atom is 0.349 e. The molecule has 1 saturated heterocycles. The number of methoxy groups -OCH3 is 1. The van der Waals surface area contributed by atoms with Crippen molar-refractivity contribution in [3.05, 3.63) is 58.6 Å². The normalized spacial score (nSPS) is 14.8. The quantitative estimate of drug-likeness (QED) is 0.640. The van der Waals surface area contributed by atoms with Crippen LogP contribution in [0.2, 0.25) is 0 Å². The molecule has 28 heavy (non-hydrogen) atoms. The molecule has 1 fully saturated rings. The lowest BCUT2D eigenvalue weighted by molar-refractivity contribution is 0.0582. The van der Waals surface area contributed by atoms with Crippen LogP contribution in [-0.4, -0.2) is 47.3 Å². The highest BCUT2D eigenvalue weighted by Crippen LogP contribution is 2.25. The van der Waals surface area contributed by atoms with Crippen LogP contribution in [0.4, 0.5) is 0 Å². The van der Waals surface area contributed by atoms with Gasteiger partial charge in [0.1, 0.15) is 11.7 Å². The Morgan fingerprint density at radius 3 is 2.75 bits per heavy atom. The molecule has 3 heterocycles. The number of fused-ring (bicyclic) bond motifs is 1. The fraction of sp³-hybridized carbons (Fsp3) is 0.300. The first kappa shape index (κ1) is 18.0. The van der Waals surface area contributed by atoms with E-state index in [0.29, 0.717) is 48.5 Å². The summed E-state index contributed by atoms with van der Waals surface area (Å²) in [5.41, 5.74) is -0.309. The number of hydrogen-bond donors (Lipinski definition) is 0. The van der Waals surface area contributed by atoms with E-state index >= 15 is 0 Å². The van der Waals surface area contributed by atoms with Crippen LogP contribution in [0.3, 0.4) is 0 Å². The zero-order chi connectivity index (χ0) is 19.5. The van der Waals surface area contributed by atoms with E-state index in [1.165, 1.54) is 7.11 Å². The first-order valence-electron chi connectivity index (χ1n) is 9.00. The molecule has 1 aliphatic rings. The van der Waals surface area contributed by atoms with E-state index in [2.05, 4.69) is 10.2 Å². The Kier molecular flexibility index (Phi) is 4.92. The van der Waals surface area contributed by atoms with E-state index < -0.39 is 5.63 Å². The van der Waals surface area contributed by atoms with Gasteiger partial charge in [-0.3, -0.25) is 4.79 Å². The highest BCUT2D eigenvalue weighted by molar-refractivity contribution is 5.97. The monoisotopic (exact) mass is 381 g/mol. The number of rotatable bonds is 4. The fourth-order valence-corrected chi connectivity index (χ4v) is 3.30. The molecule has 4 rings (SSSR count). The Labute approximate surface area is 160 Å². The van der Waals surface area contributed by atoms with Crippen LogP contribution in [0, 0.1) is 0 Å². The van der Waals surface area contributed by atoms with Crippen LogP contribution in [0.15, 0.2) is 51.8 Å². The van der Waals surface area contributed by atoms with Crippen LogP contribution in [0.5, 0.6) is 11.6 Å². The van der Waals surface area contributed by atoms with E-state index in [-0.39, 0.29) is 17.6 Å². The molecule has 1 amide bonds. The van der Waals surface area contributed by atoms with E-state index in [4.69, 9.17) is 13.9 Å². The molecule has 0 bridgehead atoms. The maximum atomic E-state index is 12.9. The van der Waals surface area contributed by atoms with Gasteiger partial charge in [-0.2, -0.15) is 5.10 Å². The van der Waals surface area contributed by atoms with Crippen molar-refractivity contribution in [2.45, 2.75) is 18.9 Å². The van der Waals surface area contributed by atoms with Crippen molar-refractivity contribution >= 4 is 16.9 Å². The second-order valence-electron chi connectivity index (χ2n) is 6.50. The van der Waals surface area contributed by atoms with Crippen molar-refractivity contribution in [1.29, 1.82) is 0 Å². The molecule has 2 aromatic heterocycles. The Balaban J connectivity index is 1.48. The number of carbonyl (C=O) groups is 1. The lowest BCUT2D eigenvalue weighted by Gasteiger charge is -2.31. The summed E-state index contributed by atoms with van der Waals surface area (Å²) in [5.74, 6) is 0.586. The van der Waals surface area contributed by atoms with Gasteiger partial charge < -0.3 is 18.8 Å². The van der Waals surface area contributed by atoms with Gasteiger partial charge in [0.2, 0.25) is 5.88 Å². The van der Waals surface area contributed by atoms with Crippen LogP contribution < -0.4 is 15.1 Å². The molecule has 8 heteroatoms. The summed E-state index contributed by atoms with van der Waals surface area (Å²) >= 11 is 0. The number of ether oxygens (including phenoxy) is 2. The number of carbonyl (C=O) groups excluding carboxylic acids is 1. The van der Waals surface area contributed by atoms with Crippen molar-refractivity contribution < 1.29 is 18.7 Å². The molecule has 0 N–H and O–H groups in total. The molecule has 144 valence electrons. The fourth-order valence-electron chi connectivity index (χ4n) is 3.30. The second kappa shape index (κ2) is 7.67. The first-order valence-corrected chi connectivity index (χ1v) is 9.00. The summed E-state index contributed by atoms with van der Waals surface area (Å²) < 4.78 is 16.4. The molecule has 0 aliphatic carbocycles. The van der Waals surface area contributed by atoms with E-state index in [1.54, 1.807) is 47.5 Å². The number of amides is 1. The predicted octanol–water partition coefficient (Wildman–Crippen LogP) is 2.28. The summed E-state index contributed by atoms with van der Waals surface area (Å²) in [6.07, 6.45) is 2.83. The second-order valence-corrected chi connectivity index (χ2v) is 6.50. The Hall–Kier alpha value is -3.42. The van der Waals surface area contributed by atoms with E-state index in [1.807, 2.05) is 0 Å². The van der Waals surface area contributed by atoms with Crippen LogP contribution in [0.1, 0.15) is 23.2 Å². The van der Waals surface area contributed by atoms with Crippen molar-refractivity contribution in [1.82, 2.24) is 15.1 Å². The largest absolute Gasteiger partial charge is 0.493 e. The van der Waals surface area contributed by atoms with E-state index in [9.17, 15) is 9.59 Å². The molecule has 1 aromatic carbocycles. The Morgan fingerprint density at radius 2 is 2.04 bits per heavy atom. The van der Waals surface area contributed by atoms with Gasteiger partial charge in [0.05, 0.1) is 7.11 Å². The lowest BCUT2D eigenvalue weighted by atomic mass is 10.1. The van der Waals surface area contributed by atoms with Crippen molar-refractivity contribution in [2.75, 3.05) is 20.2 Å². The molecule has 1 aliphatic heterocycles. The predicted molar refractivity (Wildman–Crippen MR) is 101 cm³/mol. The summed E-state index contributed by atoms with van der Waals surface area (Å²) in [7, 11) is 1.50. The lowest BCUT2D eigenvalue weighted by Crippen LogP contribution is -2.43. The number of aromatic nitrogens is 2.